The van der Waals surface area contributed by atoms with Gasteiger partial charge in [0.2, 0.25) is 0 Å². The third-order valence-electron chi connectivity index (χ3n) is 3.67. The summed E-state index contributed by atoms with van der Waals surface area (Å²) in [5.74, 6) is 0. The Bertz CT molecular complexity index is 329. The summed E-state index contributed by atoms with van der Waals surface area (Å²) in [5.41, 5.74) is 0.998. The molecule has 0 saturated heterocycles. The third-order valence-corrected chi connectivity index (χ3v) is 3.67. The van der Waals surface area contributed by atoms with Crippen molar-refractivity contribution in [3.63, 3.8) is 0 Å². The number of benzene rings is 1. The van der Waals surface area contributed by atoms with E-state index in [4.69, 9.17) is 4.74 Å². The van der Waals surface area contributed by atoms with Crippen molar-refractivity contribution in [3.8, 4) is 0 Å². The van der Waals surface area contributed by atoms with Crippen molar-refractivity contribution in [1.82, 2.24) is 4.90 Å². The molecule has 1 aromatic carbocycles. The maximum atomic E-state index is 10.2. The van der Waals surface area contributed by atoms with Crippen LogP contribution in [0.4, 0.5) is 0 Å². The summed E-state index contributed by atoms with van der Waals surface area (Å²) < 4.78 is 5.15. The first-order valence-electron chi connectivity index (χ1n) is 7.15. The van der Waals surface area contributed by atoms with Gasteiger partial charge >= 0.3 is 0 Å². The molecule has 1 N–H and O–H groups in total. The Morgan fingerprint density at radius 3 is 2.47 bits per heavy atom. The zero-order valence-corrected chi connectivity index (χ0v) is 12.4. The molecule has 3 nitrogen and oxygen atoms in total. The Balaban J connectivity index is 2.46. The van der Waals surface area contributed by atoms with E-state index in [9.17, 15) is 5.11 Å². The van der Waals surface area contributed by atoms with Gasteiger partial charge in [-0.3, -0.25) is 4.90 Å². The highest BCUT2D eigenvalue weighted by atomic mass is 16.5. The fraction of sp³-hybridized carbons (Fsp3) is 0.625. The van der Waals surface area contributed by atoms with Crippen LogP contribution in [0.2, 0.25) is 0 Å². The van der Waals surface area contributed by atoms with Crippen LogP contribution in [0.15, 0.2) is 30.3 Å². The minimum Gasteiger partial charge on any atom is -0.388 e. The van der Waals surface area contributed by atoms with Crippen molar-refractivity contribution in [2.75, 3.05) is 26.8 Å². The van der Waals surface area contributed by atoms with Gasteiger partial charge < -0.3 is 9.84 Å². The fourth-order valence-corrected chi connectivity index (χ4v) is 2.15. The molecule has 3 heteroatoms. The SMILES string of the molecule is CCC(C)N(CCOC)CCC(O)c1ccccc1. The largest absolute Gasteiger partial charge is 0.388 e. The van der Waals surface area contributed by atoms with Crippen molar-refractivity contribution in [2.24, 2.45) is 0 Å². The highest BCUT2D eigenvalue weighted by Gasteiger charge is 2.14. The third kappa shape index (κ3) is 5.72. The number of hydrogen-bond donors (Lipinski definition) is 1. The van der Waals surface area contributed by atoms with Crippen LogP contribution in [-0.2, 0) is 4.74 Å². The van der Waals surface area contributed by atoms with E-state index in [1.54, 1.807) is 7.11 Å². The van der Waals surface area contributed by atoms with Crippen LogP contribution in [0.3, 0.4) is 0 Å². The van der Waals surface area contributed by atoms with Gasteiger partial charge in [-0.05, 0) is 25.3 Å². The molecule has 0 aromatic heterocycles. The molecule has 0 amide bonds. The molecule has 2 unspecified atom stereocenters. The van der Waals surface area contributed by atoms with Gasteiger partial charge in [-0.25, -0.2) is 0 Å². The molecule has 1 aromatic rings. The molecule has 0 aliphatic rings. The lowest BCUT2D eigenvalue weighted by molar-refractivity contribution is 0.0966. The van der Waals surface area contributed by atoms with E-state index < -0.39 is 0 Å². The number of methoxy groups -OCH3 is 1. The molecular formula is C16H27NO2. The molecule has 108 valence electrons. The van der Waals surface area contributed by atoms with Crippen LogP contribution in [0.1, 0.15) is 38.4 Å². The maximum Gasteiger partial charge on any atom is 0.0802 e. The lowest BCUT2D eigenvalue weighted by Crippen LogP contribution is -2.36. The Morgan fingerprint density at radius 1 is 1.21 bits per heavy atom. The average molecular weight is 265 g/mol. The highest BCUT2D eigenvalue weighted by Crippen LogP contribution is 2.17. The number of aliphatic hydroxyl groups is 1. The minimum absolute atomic E-state index is 0.379. The second-order valence-corrected chi connectivity index (χ2v) is 5.00. The van der Waals surface area contributed by atoms with Gasteiger partial charge in [0, 0.05) is 26.2 Å². The van der Waals surface area contributed by atoms with Gasteiger partial charge in [0.1, 0.15) is 0 Å². The molecule has 19 heavy (non-hydrogen) atoms. The summed E-state index contributed by atoms with van der Waals surface area (Å²) in [5, 5.41) is 10.2. The molecule has 0 spiro atoms. The lowest BCUT2D eigenvalue weighted by atomic mass is 10.1. The normalized spacial score (nSPS) is 14.6. The molecule has 1 rings (SSSR count). The van der Waals surface area contributed by atoms with Crippen LogP contribution in [0.5, 0.6) is 0 Å². The van der Waals surface area contributed by atoms with Gasteiger partial charge in [0.25, 0.3) is 0 Å². The summed E-state index contributed by atoms with van der Waals surface area (Å²) in [4.78, 5) is 2.38. The van der Waals surface area contributed by atoms with Crippen molar-refractivity contribution >= 4 is 0 Å². The molecule has 2 atom stereocenters. The average Bonchev–Trinajstić information content (AvgIpc) is 2.47. The van der Waals surface area contributed by atoms with E-state index in [2.05, 4.69) is 18.7 Å². The Kier molecular flexibility index (Phi) is 7.72. The summed E-state index contributed by atoms with van der Waals surface area (Å²) >= 11 is 0. The van der Waals surface area contributed by atoms with Crippen molar-refractivity contribution in [1.29, 1.82) is 0 Å². The van der Waals surface area contributed by atoms with Gasteiger partial charge in [0.15, 0.2) is 0 Å². The Labute approximate surface area is 117 Å². The van der Waals surface area contributed by atoms with Gasteiger partial charge in [-0.1, -0.05) is 37.3 Å². The van der Waals surface area contributed by atoms with E-state index in [0.717, 1.165) is 38.1 Å². The van der Waals surface area contributed by atoms with Crippen LogP contribution in [0.25, 0.3) is 0 Å². The van der Waals surface area contributed by atoms with Gasteiger partial charge in [-0.2, -0.15) is 0 Å². The summed E-state index contributed by atoms with van der Waals surface area (Å²) in [7, 11) is 1.73. The number of hydrogen-bond acceptors (Lipinski definition) is 3. The van der Waals surface area contributed by atoms with Crippen molar-refractivity contribution in [2.45, 2.75) is 38.8 Å². The quantitative estimate of drug-likeness (QED) is 0.745. The van der Waals surface area contributed by atoms with Crippen LogP contribution in [0, 0.1) is 0 Å². The number of nitrogens with zero attached hydrogens (tertiary/aromatic N) is 1. The van der Waals surface area contributed by atoms with Crippen LogP contribution in [-0.4, -0.2) is 42.9 Å². The molecule has 0 fully saturated rings. The molecule has 0 bridgehead atoms. The maximum absolute atomic E-state index is 10.2. The van der Waals surface area contributed by atoms with Gasteiger partial charge in [0.05, 0.1) is 12.7 Å². The topological polar surface area (TPSA) is 32.7 Å². The second-order valence-electron chi connectivity index (χ2n) is 5.00. The summed E-state index contributed by atoms with van der Waals surface area (Å²) in [6.07, 6.45) is 1.50. The first-order valence-corrected chi connectivity index (χ1v) is 7.15. The van der Waals surface area contributed by atoms with E-state index in [1.807, 2.05) is 30.3 Å². The van der Waals surface area contributed by atoms with Crippen LogP contribution < -0.4 is 0 Å². The zero-order chi connectivity index (χ0) is 14.1. The second kappa shape index (κ2) is 9.08. The summed E-state index contributed by atoms with van der Waals surface area (Å²) in [6, 6.07) is 10.4. The monoisotopic (exact) mass is 265 g/mol. The molecule has 0 aliphatic heterocycles. The first kappa shape index (κ1) is 16.2. The molecular weight excluding hydrogens is 238 g/mol. The van der Waals surface area contributed by atoms with Crippen LogP contribution >= 0.6 is 0 Å². The van der Waals surface area contributed by atoms with E-state index in [0.29, 0.717) is 6.04 Å². The van der Waals surface area contributed by atoms with Crippen molar-refractivity contribution < 1.29 is 9.84 Å². The van der Waals surface area contributed by atoms with E-state index >= 15 is 0 Å². The first-order chi connectivity index (χ1) is 9.19. The Morgan fingerprint density at radius 2 is 1.89 bits per heavy atom. The molecule has 0 saturated carbocycles. The number of ether oxygens (including phenoxy) is 1. The van der Waals surface area contributed by atoms with E-state index in [-0.39, 0.29) is 6.10 Å². The minimum atomic E-state index is -0.379. The molecule has 0 heterocycles. The number of rotatable bonds is 9. The number of aliphatic hydroxyl groups excluding tert-OH is 1. The highest BCUT2D eigenvalue weighted by molar-refractivity contribution is 5.17. The van der Waals surface area contributed by atoms with E-state index in [1.165, 1.54) is 0 Å². The fourth-order valence-electron chi connectivity index (χ4n) is 2.15. The predicted molar refractivity (Wildman–Crippen MR) is 79.2 cm³/mol. The molecule has 0 aliphatic carbocycles. The van der Waals surface area contributed by atoms with Gasteiger partial charge in [-0.15, -0.1) is 0 Å². The summed E-state index contributed by atoms with van der Waals surface area (Å²) in [6.45, 7) is 6.98. The molecule has 0 radical (unpaired) electrons. The zero-order valence-electron chi connectivity index (χ0n) is 12.4. The standard InChI is InChI=1S/C16H27NO2/c1-4-14(2)17(12-13-19-3)11-10-16(18)15-8-6-5-7-9-15/h5-9,14,16,18H,4,10-13H2,1-3H3. The predicted octanol–water partition coefficient (Wildman–Crippen LogP) is 2.86. The lowest BCUT2D eigenvalue weighted by Gasteiger charge is -2.29. The van der Waals surface area contributed by atoms with Crippen molar-refractivity contribution in [3.05, 3.63) is 35.9 Å². The Hall–Kier alpha value is -0.900. The smallest absolute Gasteiger partial charge is 0.0802 e.